The van der Waals surface area contributed by atoms with Crippen LogP contribution in [0, 0.1) is 0 Å². The number of methoxy groups -OCH3 is 1. The molecule has 0 spiro atoms. The minimum absolute atomic E-state index is 0.00663. The van der Waals surface area contributed by atoms with Gasteiger partial charge in [0.25, 0.3) is 6.43 Å². The molecule has 10 heteroatoms. The van der Waals surface area contributed by atoms with Gasteiger partial charge in [-0.25, -0.2) is 13.6 Å². The number of hydrogen-bond donors (Lipinski definition) is 1. The average Bonchev–Trinajstić information content (AvgIpc) is 2.84. The standard InChI is InChI=1S/C25H32F2N4O4/c1-16(2)19-7-5-6-8-21(19)31(18-11-13-30(14-12-18)17(3)32)25(33)28-20-9-10-23(34-4)29-24(20)35-15-22(26)27/h5-10,16,18,22H,11-15H2,1-4H3,(H,28,33). The van der Waals surface area contributed by atoms with E-state index in [0.29, 0.717) is 25.9 Å². The second-order valence-electron chi connectivity index (χ2n) is 8.66. The number of para-hydroxylation sites is 1. The molecule has 0 unspecified atom stereocenters. The minimum Gasteiger partial charge on any atom is -0.481 e. The van der Waals surface area contributed by atoms with Gasteiger partial charge in [0, 0.05) is 37.8 Å². The Kier molecular flexibility index (Phi) is 8.84. The molecule has 1 fully saturated rings. The largest absolute Gasteiger partial charge is 0.481 e. The molecule has 1 aromatic carbocycles. The van der Waals surface area contributed by atoms with Crippen molar-refractivity contribution < 1.29 is 27.8 Å². The van der Waals surface area contributed by atoms with Crippen molar-refractivity contribution in [1.82, 2.24) is 9.88 Å². The summed E-state index contributed by atoms with van der Waals surface area (Å²) in [7, 11) is 1.40. The van der Waals surface area contributed by atoms with Gasteiger partial charge in [-0.05, 0) is 36.5 Å². The van der Waals surface area contributed by atoms with Crippen molar-refractivity contribution in [1.29, 1.82) is 0 Å². The van der Waals surface area contributed by atoms with Crippen molar-refractivity contribution in [2.24, 2.45) is 0 Å². The van der Waals surface area contributed by atoms with E-state index in [-0.39, 0.29) is 35.3 Å². The number of amides is 3. The Balaban J connectivity index is 1.94. The van der Waals surface area contributed by atoms with E-state index in [9.17, 15) is 18.4 Å². The van der Waals surface area contributed by atoms with Gasteiger partial charge < -0.3 is 19.7 Å². The lowest BCUT2D eigenvalue weighted by Crippen LogP contribution is -2.50. The number of halogens is 2. The maximum atomic E-state index is 13.7. The van der Waals surface area contributed by atoms with Gasteiger partial charge in [-0.15, -0.1) is 0 Å². The first-order chi connectivity index (χ1) is 16.7. The fraction of sp³-hybridized carbons (Fsp3) is 0.480. The number of carbonyl (C=O) groups is 2. The van der Waals surface area contributed by atoms with Crippen LogP contribution in [0.15, 0.2) is 36.4 Å². The second kappa shape index (κ2) is 11.8. The Bertz CT molecular complexity index is 1030. The number of urea groups is 1. The minimum atomic E-state index is -2.70. The van der Waals surface area contributed by atoms with Crippen LogP contribution in [0.3, 0.4) is 0 Å². The molecule has 0 saturated carbocycles. The van der Waals surface area contributed by atoms with Crippen molar-refractivity contribution in [2.45, 2.75) is 52.0 Å². The normalized spacial score (nSPS) is 14.2. The lowest BCUT2D eigenvalue weighted by Gasteiger charge is -2.39. The molecular formula is C25H32F2N4O4. The van der Waals surface area contributed by atoms with Crippen LogP contribution in [0.5, 0.6) is 11.8 Å². The molecule has 0 atom stereocenters. The Morgan fingerprint density at radius 3 is 2.46 bits per heavy atom. The van der Waals surface area contributed by atoms with E-state index in [2.05, 4.69) is 24.1 Å². The number of carbonyl (C=O) groups excluding carboxylic acids is 2. The lowest BCUT2D eigenvalue weighted by molar-refractivity contribution is -0.129. The highest BCUT2D eigenvalue weighted by atomic mass is 19.3. The molecule has 0 aliphatic carbocycles. The Morgan fingerprint density at radius 2 is 1.86 bits per heavy atom. The van der Waals surface area contributed by atoms with Gasteiger partial charge in [-0.3, -0.25) is 9.69 Å². The molecule has 2 heterocycles. The molecule has 0 radical (unpaired) electrons. The van der Waals surface area contributed by atoms with Gasteiger partial charge in [0.15, 0.2) is 6.61 Å². The topological polar surface area (TPSA) is 84.0 Å². The van der Waals surface area contributed by atoms with Gasteiger partial charge in [-0.1, -0.05) is 32.0 Å². The zero-order valence-corrected chi connectivity index (χ0v) is 20.5. The first kappa shape index (κ1) is 26.2. The third kappa shape index (κ3) is 6.58. The first-order valence-electron chi connectivity index (χ1n) is 11.6. The highest BCUT2D eigenvalue weighted by Gasteiger charge is 2.32. The van der Waals surface area contributed by atoms with Crippen LogP contribution in [0.4, 0.5) is 25.0 Å². The van der Waals surface area contributed by atoms with Crippen LogP contribution in [0.25, 0.3) is 0 Å². The highest BCUT2D eigenvalue weighted by molar-refractivity contribution is 6.03. The number of hydrogen-bond acceptors (Lipinski definition) is 5. The Labute approximate surface area is 204 Å². The van der Waals surface area contributed by atoms with Gasteiger partial charge >= 0.3 is 6.03 Å². The predicted octanol–water partition coefficient (Wildman–Crippen LogP) is 4.91. The van der Waals surface area contributed by atoms with Crippen molar-refractivity contribution in [3.05, 3.63) is 42.0 Å². The van der Waals surface area contributed by atoms with E-state index >= 15 is 0 Å². The van der Waals surface area contributed by atoms with Gasteiger partial charge in [0.2, 0.25) is 17.7 Å². The Morgan fingerprint density at radius 1 is 1.17 bits per heavy atom. The first-order valence-corrected chi connectivity index (χ1v) is 11.6. The molecule has 1 N–H and O–H groups in total. The van der Waals surface area contributed by atoms with Crippen molar-refractivity contribution in [3.8, 4) is 11.8 Å². The summed E-state index contributed by atoms with van der Waals surface area (Å²) in [5, 5.41) is 2.80. The summed E-state index contributed by atoms with van der Waals surface area (Å²) in [5.41, 5.74) is 1.92. The number of benzene rings is 1. The van der Waals surface area contributed by atoms with Crippen LogP contribution in [-0.2, 0) is 4.79 Å². The molecule has 0 bridgehead atoms. The van der Waals surface area contributed by atoms with Crippen LogP contribution >= 0.6 is 0 Å². The van der Waals surface area contributed by atoms with Crippen molar-refractivity contribution in [3.63, 3.8) is 0 Å². The fourth-order valence-corrected chi connectivity index (χ4v) is 4.17. The zero-order chi connectivity index (χ0) is 25.5. The lowest BCUT2D eigenvalue weighted by atomic mass is 9.97. The van der Waals surface area contributed by atoms with E-state index in [4.69, 9.17) is 9.47 Å². The van der Waals surface area contributed by atoms with E-state index < -0.39 is 19.1 Å². The predicted molar refractivity (Wildman–Crippen MR) is 130 cm³/mol. The molecule has 8 nitrogen and oxygen atoms in total. The SMILES string of the molecule is COc1ccc(NC(=O)N(c2ccccc2C(C)C)C2CCN(C(C)=O)CC2)c(OCC(F)F)n1. The molecule has 3 rings (SSSR count). The molecule has 1 aliphatic heterocycles. The molecule has 1 saturated heterocycles. The number of nitrogens with zero attached hydrogens (tertiary/aromatic N) is 3. The number of nitrogens with one attached hydrogen (secondary N) is 1. The molecule has 3 amide bonds. The maximum Gasteiger partial charge on any atom is 0.326 e. The second-order valence-corrected chi connectivity index (χ2v) is 8.66. The Hall–Kier alpha value is -3.43. The van der Waals surface area contributed by atoms with Crippen molar-refractivity contribution in [2.75, 3.05) is 37.0 Å². The summed E-state index contributed by atoms with van der Waals surface area (Å²) in [4.78, 5) is 33.1. The van der Waals surface area contributed by atoms with Crippen LogP contribution in [-0.4, -0.2) is 61.1 Å². The maximum absolute atomic E-state index is 13.7. The van der Waals surface area contributed by atoms with Crippen LogP contribution in [0.2, 0.25) is 0 Å². The molecule has 35 heavy (non-hydrogen) atoms. The fourth-order valence-electron chi connectivity index (χ4n) is 4.17. The number of rotatable bonds is 8. The van der Waals surface area contributed by atoms with Crippen molar-refractivity contribution >= 4 is 23.3 Å². The van der Waals surface area contributed by atoms with Gasteiger partial charge in [0.05, 0.1) is 7.11 Å². The summed E-state index contributed by atoms with van der Waals surface area (Å²) in [5.74, 6) is 0.186. The highest BCUT2D eigenvalue weighted by Crippen LogP contribution is 2.33. The van der Waals surface area contributed by atoms with Crippen LogP contribution in [0.1, 0.15) is 45.1 Å². The summed E-state index contributed by atoms with van der Waals surface area (Å²) in [6.07, 6.45) is -1.49. The molecule has 1 aliphatic rings. The number of piperidine rings is 1. The molecular weight excluding hydrogens is 458 g/mol. The van der Waals surface area contributed by atoms with Gasteiger partial charge in [0.1, 0.15) is 5.69 Å². The quantitative estimate of drug-likeness (QED) is 0.569. The molecule has 1 aromatic heterocycles. The summed E-state index contributed by atoms with van der Waals surface area (Å²) in [6.45, 7) is 5.86. The van der Waals surface area contributed by atoms with E-state index in [1.54, 1.807) is 9.80 Å². The van der Waals surface area contributed by atoms with E-state index in [1.807, 2.05) is 24.3 Å². The summed E-state index contributed by atoms with van der Waals surface area (Å²) >= 11 is 0. The average molecular weight is 491 g/mol. The summed E-state index contributed by atoms with van der Waals surface area (Å²) < 4.78 is 35.8. The van der Waals surface area contributed by atoms with E-state index in [0.717, 1.165) is 11.3 Å². The zero-order valence-electron chi connectivity index (χ0n) is 20.5. The monoisotopic (exact) mass is 490 g/mol. The van der Waals surface area contributed by atoms with Crippen LogP contribution < -0.4 is 19.7 Å². The number of alkyl halides is 2. The number of likely N-dealkylation sites (tertiary alicyclic amines) is 1. The number of ether oxygens (including phenoxy) is 2. The summed E-state index contributed by atoms with van der Waals surface area (Å²) in [6, 6.07) is 10.1. The number of anilines is 2. The number of aromatic nitrogens is 1. The van der Waals surface area contributed by atoms with Gasteiger partial charge in [-0.2, -0.15) is 4.98 Å². The third-order valence-electron chi connectivity index (χ3n) is 5.94. The third-order valence-corrected chi connectivity index (χ3v) is 5.94. The van der Waals surface area contributed by atoms with E-state index in [1.165, 1.54) is 26.2 Å². The number of pyridine rings is 1. The molecule has 2 aromatic rings. The molecule has 190 valence electrons. The smallest absolute Gasteiger partial charge is 0.326 e.